The summed E-state index contributed by atoms with van der Waals surface area (Å²) in [6, 6.07) is 11.7. The average molecular weight is 231 g/mol. The zero-order chi connectivity index (χ0) is 11.5. The zero-order valence-corrected chi connectivity index (χ0v) is 9.88. The van der Waals surface area contributed by atoms with Crippen molar-refractivity contribution in [2.45, 2.75) is 13.3 Å². The van der Waals surface area contributed by atoms with Gasteiger partial charge >= 0.3 is 0 Å². The van der Waals surface area contributed by atoms with Crippen molar-refractivity contribution >= 4 is 17.2 Å². The van der Waals surface area contributed by atoms with Gasteiger partial charge in [0.1, 0.15) is 0 Å². The van der Waals surface area contributed by atoms with Crippen molar-refractivity contribution in [1.29, 1.82) is 0 Å². The Balaban J connectivity index is 2.30. The lowest BCUT2D eigenvalue weighted by Crippen LogP contribution is -2.10. The normalized spacial score (nSPS) is 10.3. The first-order chi connectivity index (χ1) is 7.70. The Kier molecular flexibility index (Phi) is 3.06. The second kappa shape index (κ2) is 4.49. The lowest BCUT2D eigenvalue weighted by Gasteiger charge is -1.98. The van der Waals surface area contributed by atoms with E-state index < -0.39 is 0 Å². The van der Waals surface area contributed by atoms with E-state index in [0.29, 0.717) is 5.56 Å². The molecule has 1 heterocycles. The molecule has 0 radical (unpaired) electrons. The van der Waals surface area contributed by atoms with E-state index in [1.54, 1.807) is 23.5 Å². The summed E-state index contributed by atoms with van der Waals surface area (Å²) in [5.41, 5.74) is 6.88. The Morgan fingerprint density at radius 2 is 1.88 bits per heavy atom. The molecule has 2 N–H and O–H groups in total. The number of rotatable bonds is 3. The van der Waals surface area contributed by atoms with Gasteiger partial charge in [0.25, 0.3) is 0 Å². The smallest absolute Gasteiger partial charge is 0.248 e. The van der Waals surface area contributed by atoms with Crippen molar-refractivity contribution < 1.29 is 4.79 Å². The van der Waals surface area contributed by atoms with Gasteiger partial charge in [-0.3, -0.25) is 4.79 Å². The second-order valence-electron chi connectivity index (χ2n) is 3.56. The van der Waals surface area contributed by atoms with Gasteiger partial charge < -0.3 is 5.73 Å². The molecule has 0 saturated heterocycles. The van der Waals surface area contributed by atoms with Crippen molar-refractivity contribution in [2.24, 2.45) is 5.73 Å². The number of amides is 1. The Hall–Kier alpha value is -1.61. The van der Waals surface area contributed by atoms with E-state index in [4.69, 9.17) is 5.73 Å². The summed E-state index contributed by atoms with van der Waals surface area (Å²) >= 11 is 1.78. The minimum absolute atomic E-state index is 0.382. The fourth-order valence-electron chi connectivity index (χ4n) is 1.52. The molecule has 16 heavy (non-hydrogen) atoms. The molecule has 2 aromatic rings. The van der Waals surface area contributed by atoms with E-state index >= 15 is 0 Å². The first-order valence-electron chi connectivity index (χ1n) is 5.19. The quantitative estimate of drug-likeness (QED) is 0.866. The van der Waals surface area contributed by atoms with Gasteiger partial charge in [0, 0.05) is 15.3 Å². The third kappa shape index (κ3) is 2.14. The largest absolute Gasteiger partial charge is 0.366 e. The zero-order valence-electron chi connectivity index (χ0n) is 9.07. The topological polar surface area (TPSA) is 43.1 Å². The van der Waals surface area contributed by atoms with Crippen LogP contribution in [0.3, 0.4) is 0 Å². The standard InChI is InChI=1S/C13H13NOS/c1-2-11-7-8-12(16-11)9-3-5-10(6-4-9)13(14)15/h3-8H,2H2,1H3,(H2,14,15). The maximum atomic E-state index is 10.9. The molecule has 1 amide bonds. The number of hydrogen-bond acceptors (Lipinski definition) is 2. The Labute approximate surface area is 98.7 Å². The molecule has 2 rings (SSSR count). The van der Waals surface area contributed by atoms with Gasteiger partial charge in [-0.05, 0) is 36.2 Å². The number of nitrogens with two attached hydrogens (primary N) is 1. The first-order valence-corrected chi connectivity index (χ1v) is 6.01. The van der Waals surface area contributed by atoms with Crippen LogP contribution in [0.15, 0.2) is 36.4 Å². The van der Waals surface area contributed by atoms with E-state index in [1.807, 2.05) is 12.1 Å². The van der Waals surface area contributed by atoms with E-state index in [1.165, 1.54) is 9.75 Å². The minimum atomic E-state index is -0.382. The SMILES string of the molecule is CCc1ccc(-c2ccc(C(N)=O)cc2)s1. The fourth-order valence-corrected chi connectivity index (χ4v) is 2.47. The van der Waals surface area contributed by atoms with E-state index in [9.17, 15) is 4.79 Å². The molecule has 0 fully saturated rings. The monoisotopic (exact) mass is 231 g/mol. The van der Waals surface area contributed by atoms with Gasteiger partial charge in [-0.2, -0.15) is 0 Å². The summed E-state index contributed by atoms with van der Waals surface area (Å²) in [7, 11) is 0. The van der Waals surface area contributed by atoms with E-state index in [-0.39, 0.29) is 5.91 Å². The predicted octanol–water partition coefficient (Wildman–Crippen LogP) is 3.08. The summed E-state index contributed by atoms with van der Waals surface area (Å²) in [6.07, 6.45) is 1.06. The molecule has 0 aliphatic carbocycles. The van der Waals surface area contributed by atoms with Crippen molar-refractivity contribution in [3.8, 4) is 10.4 Å². The van der Waals surface area contributed by atoms with Gasteiger partial charge in [-0.15, -0.1) is 11.3 Å². The maximum Gasteiger partial charge on any atom is 0.248 e. The Bertz CT molecular complexity index is 499. The lowest BCUT2D eigenvalue weighted by molar-refractivity contribution is 0.100. The lowest BCUT2D eigenvalue weighted by atomic mass is 10.1. The molecule has 0 spiro atoms. The summed E-state index contributed by atoms with van der Waals surface area (Å²) < 4.78 is 0. The Morgan fingerprint density at radius 1 is 1.19 bits per heavy atom. The highest BCUT2D eigenvalue weighted by Gasteiger charge is 2.03. The van der Waals surface area contributed by atoms with Crippen LogP contribution in [0.1, 0.15) is 22.2 Å². The molecule has 0 atom stereocenters. The number of aryl methyl sites for hydroxylation is 1. The average Bonchev–Trinajstić information content (AvgIpc) is 2.77. The molecular weight excluding hydrogens is 218 g/mol. The van der Waals surface area contributed by atoms with E-state index in [0.717, 1.165) is 12.0 Å². The summed E-state index contributed by atoms with van der Waals surface area (Å²) in [6.45, 7) is 2.14. The first kappa shape index (κ1) is 10.9. The second-order valence-corrected chi connectivity index (χ2v) is 4.73. The number of primary amides is 1. The molecule has 0 aliphatic rings. The molecule has 2 nitrogen and oxygen atoms in total. The van der Waals surface area contributed by atoms with Crippen molar-refractivity contribution in [1.82, 2.24) is 0 Å². The number of hydrogen-bond donors (Lipinski definition) is 1. The van der Waals surface area contributed by atoms with Crippen LogP contribution in [-0.2, 0) is 6.42 Å². The molecule has 3 heteroatoms. The Morgan fingerprint density at radius 3 is 2.38 bits per heavy atom. The number of carbonyl (C=O) groups is 1. The fraction of sp³-hybridized carbons (Fsp3) is 0.154. The van der Waals surface area contributed by atoms with Crippen LogP contribution in [0.25, 0.3) is 10.4 Å². The van der Waals surface area contributed by atoms with Gasteiger partial charge in [0.15, 0.2) is 0 Å². The van der Waals surface area contributed by atoms with Crippen LogP contribution in [0.2, 0.25) is 0 Å². The van der Waals surface area contributed by atoms with Gasteiger partial charge in [0.05, 0.1) is 0 Å². The number of benzene rings is 1. The van der Waals surface area contributed by atoms with Crippen molar-refractivity contribution in [2.75, 3.05) is 0 Å². The maximum absolute atomic E-state index is 10.9. The van der Waals surface area contributed by atoms with Crippen LogP contribution in [-0.4, -0.2) is 5.91 Å². The van der Waals surface area contributed by atoms with Crippen molar-refractivity contribution in [3.05, 3.63) is 46.8 Å². The molecular formula is C13H13NOS. The molecule has 0 unspecified atom stereocenters. The molecule has 0 saturated carbocycles. The third-order valence-electron chi connectivity index (χ3n) is 2.46. The van der Waals surface area contributed by atoms with Crippen LogP contribution >= 0.6 is 11.3 Å². The predicted molar refractivity (Wildman–Crippen MR) is 67.7 cm³/mol. The van der Waals surface area contributed by atoms with Crippen LogP contribution < -0.4 is 5.73 Å². The van der Waals surface area contributed by atoms with Gasteiger partial charge in [0.2, 0.25) is 5.91 Å². The minimum Gasteiger partial charge on any atom is -0.366 e. The highest BCUT2D eigenvalue weighted by atomic mass is 32.1. The van der Waals surface area contributed by atoms with Gasteiger partial charge in [-0.25, -0.2) is 0 Å². The molecule has 0 bridgehead atoms. The van der Waals surface area contributed by atoms with Crippen LogP contribution in [0, 0.1) is 0 Å². The molecule has 1 aromatic heterocycles. The van der Waals surface area contributed by atoms with Crippen molar-refractivity contribution in [3.63, 3.8) is 0 Å². The highest BCUT2D eigenvalue weighted by Crippen LogP contribution is 2.28. The summed E-state index contributed by atoms with van der Waals surface area (Å²) in [4.78, 5) is 13.5. The number of carbonyl (C=O) groups excluding carboxylic acids is 1. The summed E-state index contributed by atoms with van der Waals surface area (Å²) in [5, 5.41) is 0. The molecule has 1 aromatic carbocycles. The highest BCUT2D eigenvalue weighted by molar-refractivity contribution is 7.15. The third-order valence-corrected chi connectivity index (χ3v) is 3.74. The van der Waals surface area contributed by atoms with Crippen LogP contribution in [0.4, 0.5) is 0 Å². The van der Waals surface area contributed by atoms with E-state index in [2.05, 4.69) is 19.1 Å². The van der Waals surface area contributed by atoms with Gasteiger partial charge in [-0.1, -0.05) is 19.1 Å². The summed E-state index contributed by atoms with van der Waals surface area (Å²) in [5.74, 6) is -0.382. The van der Waals surface area contributed by atoms with Crippen LogP contribution in [0.5, 0.6) is 0 Å². The molecule has 0 aliphatic heterocycles. The number of thiophene rings is 1. The molecule has 82 valence electrons.